The van der Waals surface area contributed by atoms with E-state index >= 15 is 0 Å². The van der Waals surface area contributed by atoms with Crippen LogP contribution >= 0.6 is 0 Å². The van der Waals surface area contributed by atoms with Gasteiger partial charge in [-0.05, 0) is 12.1 Å². The van der Waals surface area contributed by atoms with Crippen LogP contribution in [0.3, 0.4) is 0 Å². The van der Waals surface area contributed by atoms with E-state index in [1.54, 1.807) is 0 Å². The van der Waals surface area contributed by atoms with Crippen molar-refractivity contribution in [3.8, 4) is 0 Å². The van der Waals surface area contributed by atoms with Crippen molar-refractivity contribution in [2.75, 3.05) is 0 Å². The van der Waals surface area contributed by atoms with Gasteiger partial charge >= 0.3 is 0 Å². The molecule has 0 heterocycles. The van der Waals surface area contributed by atoms with Crippen molar-refractivity contribution in [2.24, 2.45) is 0 Å². The molecule has 0 nitrogen and oxygen atoms in total. The molecule has 1 aromatic rings. The molecule has 0 aliphatic heterocycles. The topological polar surface area (TPSA) is 0 Å². The summed E-state index contributed by atoms with van der Waals surface area (Å²) in [5.74, 6) is -6.34. The van der Waals surface area contributed by atoms with E-state index in [1.807, 2.05) is 0 Å². The molecule has 11 heavy (non-hydrogen) atoms. The van der Waals surface area contributed by atoms with Gasteiger partial charge in [0, 0.05) is 17.4 Å². The highest BCUT2D eigenvalue weighted by Gasteiger charge is 2.11. The minimum Gasteiger partial charge on any atom is -0.204 e. The number of hydrogen-bond acceptors (Lipinski definition) is 0. The smallest absolute Gasteiger partial charge is 0.197 e. The molecule has 0 spiro atoms. The number of halogens is 4. The summed E-state index contributed by atoms with van der Waals surface area (Å²) in [6.07, 6.45) is 0. The second-order valence-electron chi connectivity index (χ2n) is 1.66. The van der Waals surface area contributed by atoms with Crippen molar-refractivity contribution in [2.45, 2.75) is 0 Å². The molecule has 57 valence electrons. The van der Waals surface area contributed by atoms with Gasteiger partial charge in [0.15, 0.2) is 23.3 Å². The Morgan fingerprint density at radius 2 is 1.00 bits per heavy atom. The summed E-state index contributed by atoms with van der Waals surface area (Å²) < 4.78 is 48.0. The first kappa shape index (κ1) is 10.5. The molecule has 0 saturated heterocycles. The van der Waals surface area contributed by atoms with Crippen LogP contribution in [0.2, 0.25) is 0 Å². The number of rotatable bonds is 0. The Kier molecular flexibility index (Phi) is 3.57. The zero-order chi connectivity index (χ0) is 7.72. The molecule has 3 radical (unpaired) electrons. The molecule has 0 aliphatic carbocycles. The van der Waals surface area contributed by atoms with Crippen LogP contribution in [0.1, 0.15) is 0 Å². The van der Waals surface area contributed by atoms with Crippen LogP contribution < -0.4 is 0 Å². The predicted octanol–water partition coefficient (Wildman–Crippen LogP) is 1.86. The van der Waals surface area contributed by atoms with Gasteiger partial charge in [-0.1, -0.05) is 0 Å². The Morgan fingerprint density at radius 1 is 0.727 bits per heavy atom. The van der Waals surface area contributed by atoms with Gasteiger partial charge in [-0.15, -0.1) is 0 Å². The molecule has 0 atom stereocenters. The quantitative estimate of drug-likeness (QED) is 0.245. The third kappa shape index (κ3) is 1.95. The second kappa shape index (κ2) is 3.75. The first-order valence-corrected chi connectivity index (χ1v) is 2.42. The largest absolute Gasteiger partial charge is 0.204 e. The number of hydrogen-bond donors (Lipinski definition) is 0. The molecular formula is C6H2AlF4. The molecule has 0 N–H and O–H groups in total. The Labute approximate surface area is 71.0 Å². The van der Waals surface area contributed by atoms with E-state index < -0.39 is 23.3 Å². The van der Waals surface area contributed by atoms with Crippen LogP contribution in [0.4, 0.5) is 17.6 Å². The van der Waals surface area contributed by atoms with Crippen LogP contribution in [0, 0.1) is 23.3 Å². The van der Waals surface area contributed by atoms with E-state index in [9.17, 15) is 17.6 Å². The zero-order valence-corrected chi connectivity index (χ0v) is 6.40. The van der Waals surface area contributed by atoms with Gasteiger partial charge < -0.3 is 0 Å². The molecule has 0 unspecified atom stereocenters. The first-order chi connectivity index (χ1) is 4.63. The fourth-order valence-corrected chi connectivity index (χ4v) is 0.502. The van der Waals surface area contributed by atoms with E-state index in [1.165, 1.54) is 0 Å². The fraction of sp³-hybridized carbons (Fsp3) is 0. The van der Waals surface area contributed by atoms with Gasteiger partial charge in [-0.25, -0.2) is 17.6 Å². The van der Waals surface area contributed by atoms with Gasteiger partial charge in [0.05, 0.1) is 0 Å². The van der Waals surface area contributed by atoms with Crippen LogP contribution in [0.25, 0.3) is 0 Å². The van der Waals surface area contributed by atoms with Crippen LogP contribution in [-0.4, -0.2) is 17.4 Å². The van der Waals surface area contributed by atoms with Gasteiger partial charge in [0.1, 0.15) is 0 Å². The van der Waals surface area contributed by atoms with E-state index in [0.29, 0.717) is 12.1 Å². The molecule has 0 amide bonds. The van der Waals surface area contributed by atoms with Gasteiger partial charge in [-0.2, -0.15) is 0 Å². The molecule has 0 bridgehead atoms. The fourth-order valence-electron chi connectivity index (χ4n) is 0.502. The SMILES string of the molecule is Fc1ccc(F)c(F)c1F.[Al]. The average Bonchev–Trinajstić information content (AvgIpc) is 1.93. The van der Waals surface area contributed by atoms with Crippen molar-refractivity contribution in [1.29, 1.82) is 0 Å². The normalized spacial score (nSPS) is 9.09. The van der Waals surface area contributed by atoms with Crippen molar-refractivity contribution >= 4 is 17.4 Å². The Morgan fingerprint density at radius 3 is 1.27 bits per heavy atom. The van der Waals surface area contributed by atoms with Crippen molar-refractivity contribution < 1.29 is 17.6 Å². The Bertz CT molecular complexity index is 234. The van der Waals surface area contributed by atoms with Crippen molar-refractivity contribution in [3.05, 3.63) is 35.4 Å². The lowest BCUT2D eigenvalue weighted by Crippen LogP contribution is -1.93. The highest BCUT2D eigenvalue weighted by molar-refractivity contribution is 5.75. The van der Waals surface area contributed by atoms with Crippen LogP contribution in [-0.2, 0) is 0 Å². The lowest BCUT2D eigenvalue weighted by Gasteiger charge is -1.93. The summed E-state index contributed by atoms with van der Waals surface area (Å²) >= 11 is 0. The summed E-state index contributed by atoms with van der Waals surface area (Å²) in [6, 6.07) is 1.04. The first-order valence-electron chi connectivity index (χ1n) is 2.42. The standard InChI is InChI=1S/C6H2F4.Al/c7-3-1-2-4(8)6(10)5(3)9;/h1-2H;. The van der Waals surface area contributed by atoms with Gasteiger partial charge in [-0.3, -0.25) is 0 Å². The van der Waals surface area contributed by atoms with Crippen LogP contribution in [0.5, 0.6) is 0 Å². The monoisotopic (exact) mass is 177 g/mol. The third-order valence-electron chi connectivity index (χ3n) is 0.988. The Balaban J connectivity index is 0.000001000. The van der Waals surface area contributed by atoms with Crippen molar-refractivity contribution in [1.82, 2.24) is 0 Å². The molecule has 0 aliphatic rings. The summed E-state index contributed by atoms with van der Waals surface area (Å²) in [6.45, 7) is 0. The van der Waals surface area contributed by atoms with Gasteiger partial charge in [0.2, 0.25) is 0 Å². The molecule has 1 aromatic carbocycles. The molecular weight excluding hydrogens is 175 g/mol. The molecule has 0 aromatic heterocycles. The maximum Gasteiger partial charge on any atom is 0.197 e. The summed E-state index contributed by atoms with van der Waals surface area (Å²) in [4.78, 5) is 0. The minimum atomic E-state index is -1.78. The lowest BCUT2D eigenvalue weighted by molar-refractivity contribution is 0.409. The maximum absolute atomic E-state index is 12.0. The Hall–Kier alpha value is -0.528. The van der Waals surface area contributed by atoms with E-state index in [4.69, 9.17) is 0 Å². The molecule has 0 saturated carbocycles. The molecule has 1 rings (SSSR count). The van der Waals surface area contributed by atoms with E-state index in [-0.39, 0.29) is 17.4 Å². The summed E-state index contributed by atoms with van der Waals surface area (Å²) in [5.41, 5.74) is 0. The molecule has 5 heteroatoms. The minimum absolute atomic E-state index is 0. The average molecular weight is 177 g/mol. The zero-order valence-electron chi connectivity index (χ0n) is 5.24. The highest BCUT2D eigenvalue weighted by atomic mass is 27.0. The third-order valence-corrected chi connectivity index (χ3v) is 0.988. The van der Waals surface area contributed by atoms with Crippen LogP contribution in [0.15, 0.2) is 12.1 Å². The maximum atomic E-state index is 12.0. The highest BCUT2D eigenvalue weighted by Crippen LogP contribution is 2.12. The predicted molar refractivity (Wildman–Crippen MR) is 32.0 cm³/mol. The summed E-state index contributed by atoms with van der Waals surface area (Å²) in [5, 5.41) is 0. The second-order valence-corrected chi connectivity index (χ2v) is 1.66. The summed E-state index contributed by atoms with van der Waals surface area (Å²) in [7, 11) is 0. The lowest BCUT2D eigenvalue weighted by atomic mass is 10.3. The van der Waals surface area contributed by atoms with Crippen molar-refractivity contribution in [3.63, 3.8) is 0 Å². The van der Waals surface area contributed by atoms with E-state index in [0.717, 1.165) is 0 Å². The number of benzene rings is 1. The molecule has 0 fully saturated rings. The van der Waals surface area contributed by atoms with Gasteiger partial charge in [0.25, 0.3) is 0 Å². The van der Waals surface area contributed by atoms with E-state index in [2.05, 4.69) is 0 Å².